The maximum absolute atomic E-state index is 10.5. The smallest absolute Gasteiger partial charge is 0.335 e. The molecule has 0 heterocycles. The number of carbonyl (C=O) groups is 1. The van der Waals surface area contributed by atoms with Crippen molar-refractivity contribution in [2.24, 2.45) is 5.73 Å². The van der Waals surface area contributed by atoms with Crippen molar-refractivity contribution in [2.45, 2.75) is 12.8 Å². The Kier molecular flexibility index (Phi) is 3.03. The van der Waals surface area contributed by atoms with Crippen molar-refractivity contribution >= 4 is 5.97 Å². The topological polar surface area (TPSA) is 63.3 Å². The number of carboxylic acids is 1. The van der Waals surface area contributed by atoms with Crippen LogP contribution in [0.25, 0.3) is 0 Å². The molecular weight excluding hydrogens is 166 g/mol. The third kappa shape index (κ3) is 2.29. The molecule has 3 heteroatoms. The van der Waals surface area contributed by atoms with E-state index in [1.54, 1.807) is 24.3 Å². The number of aromatic carboxylic acids is 1. The van der Waals surface area contributed by atoms with Crippen LogP contribution in [0.2, 0.25) is 0 Å². The molecule has 1 atom stereocenters. The van der Waals surface area contributed by atoms with Gasteiger partial charge < -0.3 is 10.8 Å². The Morgan fingerprint density at radius 1 is 1.46 bits per heavy atom. The van der Waals surface area contributed by atoms with E-state index in [1.165, 1.54) is 0 Å². The fourth-order valence-electron chi connectivity index (χ4n) is 1.09. The van der Waals surface area contributed by atoms with Crippen LogP contribution in [-0.4, -0.2) is 17.6 Å². The highest BCUT2D eigenvalue weighted by Gasteiger charge is 2.05. The summed E-state index contributed by atoms with van der Waals surface area (Å²) in [6.45, 7) is 2.59. The Morgan fingerprint density at radius 2 is 2.00 bits per heavy atom. The van der Waals surface area contributed by atoms with E-state index in [-0.39, 0.29) is 5.92 Å². The van der Waals surface area contributed by atoms with Crippen molar-refractivity contribution < 1.29 is 9.90 Å². The monoisotopic (exact) mass is 179 g/mol. The normalized spacial score (nSPS) is 12.5. The van der Waals surface area contributed by atoms with Gasteiger partial charge in [-0.3, -0.25) is 0 Å². The molecule has 0 radical (unpaired) electrons. The molecule has 0 aliphatic heterocycles. The van der Waals surface area contributed by atoms with E-state index >= 15 is 0 Å². The lowest BCUT2D eigenvalue weighted by Gasteiger charge is -2.08. The van der Waals surface area contributed by atoms with Gasteiger partial charge in [0.15, 0.2) is 0 Å². The van der Waals surface area contributed by atoms with Gasteiger partial charge in [0.2, 0.25) is 0 Å². The minimum atomic E-state index is -0.896. The zero-order valence-electron chi connectivity index (χ0n) is 7.53. The summed E-state index contributed by atoms with van der Waals surface area (Å²) < 4.78 is 0. The average molecular weight is 179 g/mol. The van der Waals surface area contributed by atoms with Crippen LogP contribution in [0.15, 0.2) is 24.3 Å². The molecule has 0 aliphatic carbocycles. The molecule has 0 aliphatic rings. The van der Waals surface area contributed by atoms with Crippen LogP contribution in [0.1, 0.15) is 28.8 Å². The predicted octanol–water partition coefficient (Wildman–Crippen LogP) is 1.45. The molecule has 0 amide bonds. The number of carboxylic acid groups (broad SMARTS) is 1. The van der Waals surface area contributed by atoms with Crippen molar-refractivity contribution in [3.05, 3.63) is 35.4 Å². The Hall–Kier alpha value is -1.35. The zero-order valence-corrected chi connectivity index (χ0v) is 7.53. The van der Waals surface area contributed by atoms with Crippen LogP contribution in [-0.2, 0) is 0 Å². The Balaban J connectivity index is 2.87. The first-order chi connectivity index (χ1) is 6.15. The van der Waals surface area contributed by atoms with E-state index in [4.69, 9.17) is 10.8 Å². The molecule has 0 bridgehead atoms. The average Bonchev–Trinajstić information content (AvgIpc) is 2.17. The molecule has 1 aromatic rings. The van der Waals surface area contributed by atoms with Crippen LogP contribution in [0, 0.1) is 0 Å². The Bertz CT molecular complexity index is 292. The highest BCUT2D eigenvalue weighted by molar-refractivity contribution is 5.87. The van der Waals surface area contributed by atoms with Crippen LogP contribution in [0.5, 0.6) is 0 Å². The maximum Gasteiger partial charge on any atom is 0.335 e. The lowest BCUT2D eigenvalue weighted by Crippen LogP contribution is -2.09. The summed E-state index contributed by atoms with van der Waals surface area (Å²) in [5, 5.41) is 8.65. The van der Waals surface area contributed by atoms with Gasteiger partial charge in [0.1, 0.15) is 0 Å². The van der Waals surface area contributed by atoms with Gasteiger partial charge in [-0.2, -0.15) is 0 Å². The lowest BCUT2D eigenvalue weighted by atomic mass is 10.0. The summed E-state index contributed by atoms with van der Waals surface area (Å²) in [6.07, 6.45) is 0. The second kappa shape index (κ2) is 4.05. The number of benzene rings is 1. The molecule has 1 aromatic carbocycles. The van der Waals surface area contributed by atoms with Gasteiger partial charge in [0.25, 0.3) is 0 Å². The van der Waals surface area contributed by atoms with E-state index in [0.29, 0.717) is 12.1 Å². The van der Waals surface area contributed by atoms with E-state index in [2.05, 4.69) is 0 Å². The van der Waals surface area contributed by atoms with Crippen LogP contribution in [0.3, 0.4) is 0 Å². The summed E-state index contributed by atoms with van der Waals surface area (Å²) >= 11 is 0. The maximum atomic E-state index is 10.5. The van der Waals surface area contributed by atoms with Crippen molar-refractivity contribution in [3.8, 4) is 0 Å². The molecule has 0 saturated carbocycles. The van der Waals surface area contributed by atoms with Crippen LogP contribution >= 0.6 is 0 Å². The highest BCUT2D eigenvalue weighted by atomic mass is 16.4. The van der Waals surface area contributed by atoms with Gasteiger partial charge in [-0.25, -0.2) is 4.79 Å². The Labute approximate surface area is 77.2 Å². The minimum Gasteiger partial charge on any atom is -0.478 e. The van der Waals surface area contributed by atoms with Crippen molar-refractivity contribution in [1.29, 1.82) is 0 Å². The molecule has 0 aromatic heterocycles. The number of hydrogen-bond acceptors (Lipinski definition) is 2. The van der Waals surface area contributed by atoms with E-state index < -0.39 is 5.97 Å². The number of hydrogen-bond donors (Lipinski definition) is 2. The van der Waals surface area contributed by atoms with Crippen LogP contribution in [0.4, 0.5) is 0 Å². The van der Waals surface area contributed by atoms with Gasteiger partial charge in [-0.1, -0.05) is 19.1 Å². The summed E-state index contributed by atoms with van der Waals surface area (Å²) in [7, 11) is 0. The van der Waals surface area contributed by atoms with E-state index in [9.17, 15) is 4.79 Å². The molecule has 70 valence electrons. The van der Waals surface area contributed by atoms with Gasteiger partial charge in [-0.15, -0.1) is 0 Å². The predicted molar refractivity (Wildman–Crippen MR) is 50.9 cm³/mol. The molecule has 0 fully saturated rings. The van der Waals surface area contributed by atoms with Crippen LogP contribution < -0.4 is 5.73 Å². The molecule has 0 saturated heterocycles. The summed E-state index contributed by atoms with van der Waals surface area (Å²) in [5.41, 5.74) is 6.87. The lowest BCUT2D eigenvalue weighted by molar-refractivity contribution is 0.0697. The van der Waals surface area contributed by atoms with Crippen molar-refractivity contribution in [2.75, 3.05) is 6.54 Å². The largest absolute Gasteiger partial charge is 0.478 e. The minimum absolute atomic E-state index is 0.280. The molecule has 3 N–H and O–H groups in total. The second-order valence-electron chi connectivity index (χ2n) is 3.06. The second-order valence-corrected chi connectivity index (χ2v) is 3.06. The van der Waals surface area contributed by atoms with Gasteiger partial charge in [-0.05, 0) is 30.2 Å². The Morgan fingerprint density at radius 3 is 2.38 bits per heavy atom. The molecule has 1 rings (SSSR count). The fourth-order valence-corrected chi connectivity index (χ4v) is 1.09. The molecular formula is C10H13NO2. The van der Waals surface area contributed by atoms with E-state index in [1.807, 2.05) is 6.92 Å². The number of rotatable bonds is 3. The van der Waals surface area contributed by atoms with Crippen molar-refractivity contribution in [3.63, 3.8) is 0 Å². The van der Waals surface area contributed by atoms with E-state index in [0.717, 1.165) is 5.56 Å². The molecule has 0 spiro atoms. The third-order valence-corrected chi connectivity index (χ3v) is 2.08. The standard InChI is InChI=1S/C10H13NO2/c1-7(6-11)8-2-4-9(5-3-8)10(12)13/h2-5,7H,6,11H2,1H3,(H,12,13). The van der Waals surface area contributed by atoms with Crippen molar-refractivity contribution in [1.82, 2.24) is 0 Å². The fraction of sp³-hybridized carbons (Fsp3) is 0.300. The summed E-state index contributed by atoms with van der Waals surface area (Å²) in [5.74, 6) is -0.616. The number of nitrogens with two attached hydrogens (primary N) is 1. The molecule has 3 nitrogen and oxygen atoms in total. The molecule has 13 heavy (non-hydrogen) atoms. The quantitative estimate of drug-likeness (QED) is 0.738. The SMILES string of the molecule is CC(CN)c1ccc(C(=O)O)cc1. The highest BCUT2D eigenvalue weighted by Crippen LogP contribution is 2.14. The first kappa shape index (κ1) is 9.74. The van der Waals surface area contributed by atoms with Gasteiger partial charge in [0, 0.05) is 0 Å². The van der Waals surface area contributed by atoms with Gasteiger partial charge in [0.05, 0.1) is 5.56 Å². The summed E-state index contributed by atoms with van der Waals surface area (Å²) in [4.78, 5) is 10.5. The van der Waals surface area contributed by atoms with Gasteiger partial charge >= 0.3 is 5.97 Å². The first-order valence-electron chi connectivity index (χ1n) is 4.18. The first-order valence-corrected chi connectivity index (χ1v) is 4.18. The zero-order chi connectivity index (χ0) is 9.84. The molecule has 1 unspecified atom stereocenters. The third-order valence-electron chi connectivity index (χ3n) is 2.08. The summed E-state index contributed by atoms with van der Waals surface area (Å²) in [6, 6.07) is 6.82.